The molecule has 0 saturated carbocycles. The molecule has 3 nitrogen and oxygen atoms in total. The number of nitrogens with two attached hydrogens (primary N) is 1. The maximum atomic E-state index is 13.4. The minimum absolute atomic E-state index is 0.416. The first-order chi connectivity index (χ1) is 8.48. The third-order valence-electron chi connectivity index (χ3n) is 3.46. The van der Waals surface area contributed by atoms with Gasteiger partial charge in [0.25, 0.3) is 0 Å². The lowest BCUT2D eigenvalue weighted by atomic mass is 9.74. The van der Waals surface area contributed by atoms with E-state index in [9.17, 15) is 18.0 Å². The van der Waals surface area contributed by atoms with Gasteiger partial charge in [-0.1, -0.05) is 0 Å². The fourth-order valence-electron chi connectivity index (χ4n) is 1.19. The number of hydrogen-bond donors (Lipinski definition) is 2. The number of benzene rings is 1. The topological polar surface area (TPSA) is 55.1 Å². The van der Waals surface area contributed by atoms with Crippen LogP contribution in [0.4, 0.5) is 18.9 Å². The number of carbonyl (C=O) groups excluding carboxylic acids is 1. The average molecular weight is 274 g/mol. The van der Waals surface area contributed by atoms with Gasteiger partial charge in [-0.2, -0.15) is 0 Å². The largest absolute Gasteiger partial charge is 0.325 e. The van der Waals surface area contributed by atoms with Crippen molar-refractivity contribution >= 4 is 11.6 Å². The molecule has 106 valence electrons. The summed E-state index contributed by atoms with van der Waals surface area (Å²) in [6, 6.07) is 1.71. The van der Waals surface area contributed by atoms with E-state index in [1.807, 2.05) is 0 Å². The Morgan fingerprint density at radius 2 is 1.63 bits per heavy atom. The highest BCUT2D eigenvalue weighted by Gasteiger charge is 2.40. The molecule has 0 heterocycles. The van der Waals surface area contributed by atoms with Crippen LogP contribution < -0.4 is 11.1 Å². The molecule has 0 aliphatic carbocycles. The summed E-state index contributed by atoms with van der Waals surface area (Å²) in [5, 5.41) is 2.22. The van der Waals surface area contributed by atoms with Gasteiger partial charge >= 0.3 is 0 Å². The lowest BCUT2D eigenvalue weighted by Gasteiger charge is -2.36. The van der Waals surface area contributed by atoms with E-state index in [1.165, 1.54) is 0 Å². The van der Waals surface area contributed by atoms with Crippen molar-refractivity contribution in [3.05, 3.63) is 29.6 Å². The van der Waals surface area contributed by atoms with Crippen molar-refractivity contribution in [2.45, 2.75) is 33.2 Å². The van der Waals surface area contributed by atoms with Crippen molar-refractivity contribution in [3.63, 3.8) is 0 Å². The van der Waals surface area contributed by atoms with Gasteiger partial charge in [0.05, 0.1) is 11.1 Å². The predicted octanol–water partition coefficient (Wildman–Crippen LogP) is 2.81. The van der Waals surface area contributed by atoms with Crippen molar-refractivity contribution in [3.8, 4) is 0 Å². The van der Waals surface area contributed by atoms with Crippen molar-refractivity contribution in [2.24, 2.45) is 11.1 Å². The SMILES string of the molecule is CC(C)(N)C(C)(C)C(=O)Nc1ccc(F)c(F)c1F. The first kappa shape index (κ1) is 15.5. The van der Waals surface area contributed by atoms with Crippen molar-refractivity contribution < 1.29 is 18.0 Å². The summed E-state index contributed by atoms with van der Waals surface area (Å²) in [7, 11) is 0. The van der Waals surface area contributed by atoms with Gasteiger partial charge in [0.15, 0.2) is 17.5 Å². The molecule has 0 fully saturated rings. The van der Waals surface area contributed by atoms with E-state index in [2.05, 4.69) is 5.32 Å². The molecule has 1 amide bonds. The van der Waals surface area contributed by atoms with E-state index in [0.717, 1.165) is 12.1 Å². The lowest BCUT2D eigenvalue weighted by Crippen LogP contribution is -2.53. The summed E-state index contributed by atoms with van der Waals surface area (Å²) in [6.07, 6.45) is 0. The van der Waals surface area contributed by atoms with Crippen LogP contribution in [-0.2, 0) is 4.79 Å². The van der Waals surface area contributed by atoms with Crippen LogP contribution in [0.15, 0.2) is 12.1 Å². The number of rotatable bonds is 3. The average Bonchev–Trinajstić information content (AvgIpc) is 2.28. The number of anilines is 1. The molecule has 1 aromatic rings. The Morgan fingerprint density at radius 1 is 1.11 bits per heavy atom. The summed E-state index contributed by atoms with van der Waals surface area (Å²) in [5.41, 5.74) is 3.56. The van der Waals surface area contributed by atoms with Crippen LogP contribution in [0.2, 0.25) is 0 Å². The van der Waals surface area contributed by atoms with Gasteiger partial charge in [0.2, 0.25) is 5.91 Å². The van der Waals surface area contributed by atoms with Gasteiger partial charge in [-0.15, -0.1) is 0 Å². The molecule has 1 rings (SSSR count). The molecule has 6 heteroatoms. The number of carbonyl (C=O) groups is 1. The molecule has 0 radical (unpaired) electrons. The van der Waals surface area contributed by atoms with Crippen molar-refractivity contribution in [2.75, 3.05) is 5.32 Å². The van der Waals surface area contributed by atoms with Gasteiger partial charge in [-0.05, 0) is 39.8 Å². The predicted molar refractivity (Wildman–Crippen MR) is 67.0 cm³/mol. The Labute approximate surface area is 110 Å². The molecule has 0 atom stereocenters. The van der Waals surface area contributed by atoms with E-state index in [-0.39, 0.29) is 0 Å². The molecule has 1 aromatic carbocycles. The zero-order valence-corrected chi connectivity index (χ0v) is 11.3. The maximum Gasteiger partial charge on any atom is 0.231 e. The second kappa shape index (κ2) is 4.85. The van der Waals surface area contributed by atoms with Gasteiger partial charge < -0.3 is 11.1 Å². The Balaban J connectivity index is 3.05. The fraction of sp³-hybridized carbons (Fsp3) is 0.462. The second-order valence-electron chi connectivity index (χ2n) is 5.52. The third kappa shape index (κ3) is 2.89. The van der Waals surface area contributed by atoms with Crippen LogP contribution >= 0.6 is 0 Å². The summed E-state index contributed by atoms with van der Waals surface area (Å²) in [6.45, 7) is 6.46. The van der Waals surface area contributed by atoms with Crippen LogP contribution in [0.25, 0.3) is 0 Å². The molecule has 0 spiro atoms. The minimum Gasteiger partial charge on any atom is -0.325 e. The number of amides is 1. The first-order valence-corrected chi connectivity index (χ1v) is 5.72. The van der Waals surface area contributed by atoms with Crippen LogP contribution in [0.1, 0.15) is 27.7 Å². The highest BCUT2D eigenvalue weighted by Crippen LogP contribution is 2.30. The van der Waals surface area contributed by atoms with Crippen molar-refractivity contribution in [1.29, 1.82) is 0 Å². The summed E-state index contributed by atoms with van der Waals surface area (Å²) in [5.74, 6) is -4.94. The molecule has 19 heavy (non-hydrogen) atoms. The Morgan fingerprint density at radius 3 is 2.11 bits per heavy atom. The number of nitrogens with one attached hydrogen (secondary N) is 1. The maximum absolute atomic E-state index is 13.4. The Kier molecular flexibility index (Phi) is 3.95. The third-order valence-corrected chi connectivity index (χ3v) is 3.46. The molecule has 0 saturated heterocycles. The molecule has 0 bridgehead atoms. The minimum atomic E-state index is -1.62. The molecule has 0 aliphatic rings. The van der Waals surface area contributed by atoms with Crippen molar-refractivity contribution in [1.82, 2.24) is 0 Å². The molecular weight excluding hydrogens is 257 g/mol. The zero-order valence-electron chi connectivity index (χ0n) is 11.3. The molecule has 0 aromatic heterocycles. The Bertz CT molecular complexity index is 507. The van der Waals surface area contributed by atoms with E-state index < -0.39 is 40.0 Å². The highest BCUT2D eigenvalue weighted by atomic mass is 19.2. The molecule has 3 N–H and O–H groups in total. The quantitative estimate of drug-likeness (QED) is 0.833. The Hall–Kier alpha value is -1.56. The first-order valence-electron chi connectivity index (χ1n) is 5.72. The second-order valence-corrected chi connectivity index (χ2v) is 5.52. The van der Waals surface area contributed by atoms with Crippen LogP contribution in [0.3, 0.4) is 0 Å². The molecular formula is C13H17F3N2O. The summed E-state index contributed by atoms with van der Waals surface area (Å²) < 4.78 is 39.3. The zero-order chi connectivity index (χ0) is 15.0. The van der Waals surface area contributed by atoms with Gasteiger partial charge in [0, 0.05) is 5.54 Å². The van der Waals surface area contributed by atoms with Crippen LogP contribution in [0.5, 0.6) is 0 Å². The van der Waals surface area contributed by atoms with Gasteiger partial charge in [-0.25, -0.2) is 13.2 Å². The van der Waals surface area contributed by atoms with E-state index in [4.69, 9.17) is 5.73 Å². The van der Waals surface area contributed by atoms with E-state index in [0.29, 0.717) is 0 Å². The van der Waals surface area contributed by atoms with Crippen LogP contribution in [-0.4, -0.2) is 11.4 Å². The number of hydrogen-bond acceptors (Lipinski definition) is 2. The highest BCUT2D eigenvalue weighted by molar-refractivity contribution is 5.95. The van der Waals surface area contributed by atoms with E-state index in [1.54, 1.807) is 27.7 Å². The fourth-order valence-corrected chi connectivity index (χ4v) is 1.19. The van der Waals surface area contributed by atoms with Gasteiger partial charge in [-0.3, -0.25) is 4.79 Å². The van der Waals surface area contributed by atoms with E-state index >= 15 is 0 Å². The van der Waals surface area contributed by atoms with Gasteiger partial charge in [0.1, 0.15) is 0 Å². The molecule has 0 unspecified atom stereocenters. The smallest absolute Gasteiger partial charge is 0.231 e. The normalized spacial score (nSPS) is 12.4. The molecule has 0 aliphatic heterocycles. The standard InChI is InChI=1S/C13H17F3N2O/c1-12(2,13(3,4)17)11(19)18-8-6-5-7(14)9(15)10(8)16/h5-6H,17H2,1-4H3,(H,18,19). The van der Waals surface area contributed by atoms with Crippen LogP contribution in [0, 0.1) is 22.9 Å². The lowest BCUT2D eigenvalue weighted by molar-refractivity contribution is -0.126. The monoisotopic (exact) mass is 274 g/mol. The summed E-state index contributed by atoms with van der Waals surface area (Å²) in [4.78, 5) is 12.1. The summed E-state index contributed by atoms with van der Waals surface area (Å²) >= 11 is 0. The number of halogens is 3.